The highest BCUT2D eigenvalue weighted by atomic mass is 16.5. The van der Waals surface area contributed by atoms with E-state index >= 15 is 0 Å². The van der Waals surface area contributed by atoms with Crippen molar-refractivity contribution in [3.05, 3.63) is 64.1 Å². The van der Waals surface area contributed by atoms with E-state index in [0.717, 1.165) is 17.5 Å². The van der Waals surface area contributed by atoms with Gasteiger partial charge in [0.25, 0.3) is 5.56 Å². The maximum absolute atomic E-state index is 12.2. The van der Waals surface area contributed by atoms with Crippen LogP contribution in [0.1, 0.15) is 17.5 Å². The molecule has 0 saturated carbocycles. The lowest BCUT2D eigenvalue weighted by Gasteiger charge is -2.10. The smallest absolute Gasteiger partial charge is 0.292 e. The molecule has 1 heterocycles. The number of hydrogen-bond acceptors (Lipinski definition) is 3. The molecule has 0 aliphatic carbocycles. The zero-order chi connectivity index (χ0) is 14.4. The van der Waals surface area contributed by atoms with E-state index in [1.54, 1.807) is 16.8 Å². The van der Waals surface area contributed by atoms with Gasteiger partial charge in [-0.25, -0.2) is 0 Å². The molecule has 0 radical (unpaired) electrons. The third kappa shape index (κ3) is 3.48. The number of nitrogens with zero attached hydrogens (tertiary/aromatic N) is 1. The van der Waals surface area contributed by atoms with Gasteiger partial charge in [0.1, 0.15) is 6.61 Å². The van der Waals surface area contributed by atoms with E-state index < -0.39 is 0 Å². The van der Waals surface area contributed by atoms with Gasteiger partial charge in [0.2, 0.25) is 0 Å². The maximum atomic E-state index is 12.2. The molecule has 20 heavy (non-hydrogen) atoms. The minimum absolute atomic E-state index is 0.102. The summed E-state index contributed by atoms with van der Waals surface area (Å²) >= 11 is 0. The van der Waals surface area contributed by atoms with E-state index in [-0.39, 0.29) is 5.56 Å². The van der Waals surface area contributed by atoms with E-state index in [1.807, 2.05) is 37.3 Å². The number of pyridine rings is 1. The first-order valence-corrected chi connectivity index (χ1v) is 6.79. The lowest BCUT2D eigenvalue weighted by molar-refractivity contribution is 0.298. The van der Waals surface area contributed by atoms with Gasteiger partial charge >= 0.3 is 0 Å². The van der Waals surface area contributed by atoms with Gasteiger partial charge in [-0.1, -0.05) is 24.3 Å². The molecule has 0 saturated heterocycles. The van der Waals surface area contributed by atoms with E-state index in [1.165, 1.54) is 0 Å². The van der Waals surface area contributed by atoms with Crippen molar-refractivity contribution in [1.29, 1.82) is 0 Å². The standard InChI is InChI=1S/C16H20N2O2/c1-13-6-2-3-7-14(13)12-20-15-8-4-10-18(16(15)19)11-5-9-17/h2-4,6-8,10H,5,9,11-12,17H2,1H3. The Morgan fingerprint density at radius 2 is 2.00 bits per heavy atom. The van der Waals surface area contributed by atoms with Gasteiger partial charge in [-0.05, 0) is 43.1 Å². The predicted molar refractivity (Wildman–Crippen MR) is 79.9 cm³/mol. The fourth-order valence-corrected chi connectivity index (χ4v) is 1.99. The van der Waals surface area contributed by atoms with Crippen molar-refractivity contribution in [2.45, 2.75) is 26.5 Å². The Bertz CT molecular complexity index is 620. The summed E-state index contributed by atoms with van der Waals surface area (Å²) in [4.78, 5) is 12.2. The summed E-state index contributed by atoms with van der Waals surface area (Å²) in [5, 5.41) is 0. The molecule has 0 spiro atoms. The second kappa shape index (κ2) is 6.91. The maximum Gasteiger partial charge on any atom is 0.292 e. The van der Waals surface area contributed by atoms with Crippen molar-refractivity contribution in [1.82, 2.24) is 4.57 Å². The molecular formula is C16H20N2O2. The van der Waals surface area contributed by atoms with Crippen LogP contribution in [0.5, 0.6) is 5.75 Å². The topological polar surface area (TPSA) is 57.2 Å². The van der Waals surface area contributed by atoms with Gasteiger partial charge in [0.05, 0.1) is 0 Å². The van der Waals surface area contributed by atoms with Gasteiger partial charge in [0.15, 0.2) is 5.75 Å². The Labute approximate surface area is 118 Å². The molecule has 0 fully saturated rings. The van der Waals surface area contributed by atoms with Crippen LogP contribution < -0.4 is 16.0 Å². The number of aromatic nitrogens is 1. The number of ether oxygens (including phenoxy) is 1. The molecule has 2 N–H and O–H groups in total. The molecule has 2 rings (SSSR count). The lowest BCUT2D eigenvalue weighted by atomic mass is 10.1. The summed E-state index contributed by atoms with van der Waals surface area (Å²) < 4.78 is 7.30. The van der Waals surface area contributed by atoms with Crippen molar-refractivity contribution < 1.29 is 4.74 Å². The molecule has 4 nitrogen and oxygen atoms in total. The molecule has 1 aromatic heterocycles. The minimum atomic E-state index is -0.102. The number of rotatable bonds is 6. The van der Waals surface area contributed by atoms with Gasteiger partial charge in [-0.2, -0.15) is 0 Å². The minimum Gasteiger partial charge on any atom is -0.483 e. The molecule has 0 aliphatic heterocycles. The van der Waals surface area contributed by atoms with Gasteiger partial charge in [-0.3, -0.25) is 4.79 Å². The fourth-order valence-electron chi connectivity index (χ4n) is 1.99. The van der Waals surface area contributed by atoms with Crippen LogP contribution in [-0.2, 0) is 13.2 Å². The SMILES string of the molecule is Cc1ccccc1COc1cccn(CCCN)c1=O. The monoisotopic (exact) mass is 272 g/mol. The quantitative estimate of drug-likeness (QED) is 0.876. The first-order valence-electron chi connectivity index (χ1n) is 6.79. The molecule has 0 unspecified atom stereocenters. The number of aryl methyl sites for hydroxylation is 2. The highest BCUT2D eigenvalue weighted by Crippen LogP contribution is 2.11. The second-order valence-corrected chi connectivity index (χ2v) is 4.73. The fraction of sp³-hybridized carbons (Fsp3) is 0.312. The Morgan fingerprint density at radius 3 is 2.75 bits per heavy atom. The van der Waals surface area contributed by atoms with E-state index in [4.69, 9.17) is 10.5 Å². The normalized spacial score (nSPS) is 10.5. The van der Waals surface area contributed by atoms with Crippen LogP contribution in [0.15, 0.2) is 47.4 Å². The molecule has 106 valence electrons. The molecule has 2 aromatic rings. The highest BCUT2D eigenvalue weighted by Gasteiger charge is 2.05. The molecule has 0 bridgehead atoms. The van der Waals surface area contributed by atoms with Crippen molar-refractivity contribution in [2.75, 3.05) is 6.54 Å². The van der Waals surface area contributed by atoms with E-state index in [9.17, 15) is 4.79 Å². The zero-order valence-electron chi connectivity index (χ0n) is 11.7. The van der Waals surface area contributed by atoms with Crippen LogP contribution in [0.25, 0.3) is 0 Å². The van der Waals surface area contributed by atoms with E-state index in [2.05, 4.69) is 0 Å². The third-order valence-electron chi connectivity index (χ3n) is 3.23. The zero-order valence-corrected chi connectivity index (χ0v) is 11.7. The van der Waals surface area contributed by atoms with Crippen molar-refractivity contribution in [2.24, 2.45) is 5.73 Å². The van der Waals surface area contributed by atoms with Crippen LogP contribution in [0.3, 0.4) is 0 Å². The molecule has 0 aliphatic rings. The molecule has 0 atom stereocenters. The average molecular weight is 272 g/mol. The molecule has 4 heteroatoms. The Hall–Kier alpha value is -2.07. The lowest BCUT2D eigenvalue weighted by Crippen LogP contribution is -2.22. The van der Waals surface area contributed by atoms with Crippen LogP contribution in [0.4, 0.5) is 0 Å². The van der Waals surface area contributed by atoms with Gasteiger partial charge < -0.3 is 15.0 Å². The largest absolute Gasteiger partial charge is 0.483 e. The highest BCUT2D eigenvalue weighted by molar-refractivity contribution is 5.26. The number of benzene rings is 1. The van der Waals surface area contributed by atoms with Gasteiger partial charge in [0, 0.05) is 12.7 Å². The van der Waals surface area contributed by atoms with Crippen LogP contribution >= 0.6 is 0 Å². The van der Waals surface area contributed by atoms with Crippen LogP contribution in [0.2, 0.25) is 0 Å². The van der Waals surface area contributed by atoms with Crippen LogP contribution in [-0.4, -0.2) is 11.1 Å². The molecular weight excluding hydrogens is 252 g/mol. The summed E-state index contributed by atoms with van der Waals surface area (Å²) in [7, 11) is 0. The summed E-state index contributed by atoms with van der Waals surface area (Å²) in [5.41, 5.74) is 7.61. The predicted octanol–water partition coefficient (Wildman–Crippen LogP) is 2.08. The van der Waals surface area contributed by atoms with Crippen molar-refractivity contribution in [3.63, 3.8) is 0 Å². The third-order valence-corrected chi connectivity index (χ3v) is 3.23. The first-order chi connectivity index (χ1) is 9.72. The Morgan fingerprint density at radius 1 is 1.20 bits per heavy atom. The number of nitrogens with two attached hydrogens (primary N) is 1. The Balaban J connectivity index is 2.10. The van der Waals surface area contributed by atoms with E-state index in [0.29, 0.717) is 25.4 Å². The summed E-state index contributed by atoms with van der Waals surface area (Å²) in [6, 6.07) is 11.5. The van der Waals surface area contributed by atoms with Crippen molar-refractivity contribution in [3.8, 4) is 5.75 Å². The molecule has 0 amide bonds. The van der Waals surface area contributed by atoms with Crippen molar-refractivity contribution >= 4 is 0 Å². The first kappa shape index (κ1) is 14.3. The second-order valence-electron chi connectivity index (χ2n) is 4.73. The number of hydrogen-bond donors (Lipinski definition) is 1. The summed E-state index contributed by atoms with van der Waals surface area (Å²) in [6.07, 6.45) is 2.54. The molecule has 1 aromatic carbocycles. The van der Waals surface area contributed by atoms with Gasteiger partial charge in [-0.15, -0.1) is 0 Å². The summed E-state index contributed by atoms with van der Waals surface area (Å²) in [5.74, 6) is 0.382. The average Bonchev–Trinajstić information content (AvgIpc) is 2.46. The summed E-state index contributed by atoms with van der Waals surface area (Å²) in [6.45, 7) is 3.63. The van der Waals surface area contributed by atoms with Crippen LogP contribution in [0, 0.1) is 6.92 Å². The Kier molecular flexibility index (Phi) is 4.96.